The Morgan fingerprint density at radius 3 is 2.69 bits per heavy atom. The number of esters is 1. The first-order valence-electron chi connectivity index (χ1n) is 8.69. The number of carbonyl (C=O) groups excluding carboxylic acids is 2. The number of aromatic nitrogens is 2. The molecule has 0 unspecified atom stereocenters. The fourth-order valence-corrected chi connectivity index (χ4v) is 3.20. The zero-order valence-electron chi connectivity index (χ0n) is 15.6. The van der Waals surface area contributed by atoms with Crippen molar-refractivity contribution in [3.8, 4) is 0 Å². The molecule has 7 nitrogen and oxygen atoms in total. The van der Waals surface area contributed by atoms with Gasteiger partial charge in [-0.2, -0.15) is 0 Å². The number of ether oxygens (including phenoxy) is 1. The molecule has 0 atom stereocenters. The van der Waals surface area contributed by atoms with Crippen molar-refractivity contribution in [3.63, 3.8) is 0 Å². The second-order valence-electron chi connectivity index (χ2n) is 6.16. The van der Waals surface area contributed by atoms with Crippen LogP contribution < -0.4 is 10.9 Å². The van der Waals surface area contributed by atoms with Gasteiger partial charge < -0.3 is 10.1 Å². The molecule has 0 fully saturated rings. The molecule has 0 saturated carbocycles. The van der Waals surface area contributed by atoms with Gasteiger partial charge in [0.1, 0.15) is 18.1 Å². The smallest absolute Gasteiger partial charge is 0.316 e. The Morgan fingerprint density at radius 2 is 1.93 bits per heavy atom. The first kappa shape index (κ1) is 20.5. The van der Waals surface area contributed by atoms with E-state index in [9.17, 15) is 18.8 Å². The summed E-state index contributed by atoms with van der Waals surface area (Å²) in [6.07, 6.45) is 0. The highest BCUT2D eigenvalue weighted by atomic mass is 32.2. The van der Waals surface area contributed by atoms with E-state index in [0.29, 0.717) is 17.0 Å². The lowest BCUT2D eigenvalue weighted by Gasteiger charge is -2.08. The zero-order valence-corrected chi connectivity index (χ0v) is 16.4. The molecule has 2 heterocycles. The summed E-state index contributed by atoms with van der Waals surface area (Å²) in [6.45, 7) is 1.68. The summed E-state index contributed by atoms with van der Waals surface area (Å²) in [5.41, 5.74) is 1.83. The quantitative estimate of drug-likeness (QED) is 0.597. The van der Waals surface area contributed by atoms with Crippen LogP contribution in [0.2, 0.25) is 0 Å². The van der Waals surface area contributed by atoms with E-state index in [2.05, 4.69) is 10.3 Å². The van der Waals surface area contributed by atoms with Gasteiger partial charge in [-0.1, -0.05) is 6.07 Å². The molecule has 0 aliphatic heterocycles. The summed E-state index contributed by atoms with van der Waals surface area (Å²) >= 11 is 1.09. The highest BCUT2D eigenvalue weighted by Gasteiger charge is 2.10. The van der Waals surface area contributed by atoms with Crippen LogP contribution in [0.3, 0.4) is 0 Å². The molecule has 0 radical (unpaired) electrons. The average molecular weight is 415 g/mol. The molecule has 150 valence electrons. The standard InChI is InChI=1S/C20H18FN3O4S/c1-13-3-2-4-17-22-16(9-19(26)24(13)17)10-28-20(27)12-29-11-18(25)23-15-7-5-14(21)6-8-15/h2-9H,10-12H2,1H3,(H,23,25). The summed E-state index contributed by atoms with van der Waals surface area (Å²) in [5, 5.41) is 2.60. The number of anilines is 1. The number of thioether (sulfide) groups is 1. The second-order valence-corrected chi connectivity index (χ2v) is 7.14. The average Bonchev–Trinajstić information content (AvgIpc) is 2.68. The largest absolute Gasteiger partial charge is 0.459 e. The predicted octanol–water partition coefficient (Wildman–Crippen LogP) is 2.56. The minimum Gasteiger partial charge on any atom is -0.459 e. The van der Waals surface area contributed by atoms with E-state index < -0.39 is 5.97 Å². The van der Waals surface area contributed by atoms with E-state index in [1.165, 1.54) is 34.7 Å². The van der Waals surface area contributed by atoms with Gasteiger partial charge in [-0.05, 0) is 43.3 Å². The maximum absolute atomic E-state index is 12.8. The predicted molar refractivity (Wildman–Crippen MR) is 108 cm³/mol. The third-order valence-corrected chi connectivity index (χ3v) is 4.80. The van der Waals surface area contributed by atoms with Crippen molar-refractivity contribution in [1.29, 1.82) is 0 Å². The van der Waals surface area contributed by atoms with Crippen LogP contribution in [0.15, 0.2) is 53.3 Å². The monoisotopic (exact) mass is 415 g/mol. The van der Waals surface area contributed by atoms with Gasteiger partial charge in [0.2, 0.25) is 5.91 Å². The second kappa shape index (κ2) is 9.33. The number of amides is 1. The van der Waals surface area contributed by atoms with E-state index >= 15 is 0 Å². The maximum atomic E-state index is 12.8. The topological polar surface area (TPSA) is 89.8 Å². The number of halogens is 1. The van der Waals surface area contributed by atoms with Gasteiger partial charge in [-0.3, -0.25) is 18.8 Å². The number of nitrogens with zero attached hydrogens (tertiary/aromatic N) is 2. The van der Waals surface area contributed by atoms with E-state index in [0.717, 1.165) is 17.5 Å². The summed E-state index contributed by atoms with van der Waals surface area (Å²) in [7, 11) is 0. The van der Waals surface area contributed by atoms with Gasteiger partial charge in [-0.15, -0.1) is 11.8 Å². The number of hydrogen-bond donors (Lipinski definition) is 1. The van der Waals surface area contributed by atoms with Crippen molar-refractivity contribution in [2.24, 2.45) is 0 Å². The minimum atomic E-state index is -0.518. The van der Waals surface area contributed by atoms with Crippen molar-refractivity contribution in [2.75, 3.05) is 16.8 Å². The van der Waals surface area contributed by atoms with Crippen LogP contribution in [0.25, 0.3) is 5.65 Å². The molecular formula is C20H18FN3O4S. The summed E-state index contributed by atoms with van der Waals surface area (Å²) in [6, 6.07) is 12.0. The SMILES string of the molecule is Cc1cccc2nc(COC(=O)CSCC(=O)Nc3ccc(F)cc3)cc(=O)n12. The number of aryl methyl sites for hydroxylation is 1. The number of pyridine rings is 1. The third kappa shape index (κ3) is 5.64. The minimum absolute atomic E-state index is 0.0253. The molecule has 3 aromatic rings. The Bertz CT molecular complexity index is 1100. The molecule has 3 rings (SSSR count). The molecule has 0 saturated heterocycles. The third-order valence-electron chi connectivity index (χ3n) is 3.90. The van der Waals surface area contributed by atoms with E-state index in [4.69, 9.17) is 4.74 Å². The number of fused-ring (bicyclic) bond motifs is 1. The molecule has 29 heavy (non-hydrogen) atoms. The summed E-state index contributed by atoms with van der Waals surface area (Å²) in [5.74, 6) is -1.20. The number of nitrogens with one attached hydrogen (secondary N) is 1. The molecule has 0 bridgehead atoms. The van der Waals surface area contributed by atoms with Gasteiger partial charge >= 0.3 is 5.97 Å². The fraction of sp³-hybridized carbons (Fsp3) is 0.200. The first-order chi connectivity index (χ1) is 13.9. The van der Waals surface area contributed by atoms with Gasteiger partial charge in [0.05, 0.1) is 17.2 Å². The molecule has 2 aromatic heterocycles. The van der Waals surface area contributed by atoms with Crippen molar-refractivity contribution < 1.29 is 18.7 Å². The number of hydrogen-bond acceptors (Lipinski definition) is 6. The van der Waals surface area contributed by atoms with Crippen LogP contribution >= 0.6 is 11.8 Å². The first-order valence-corrected chi connectivity index (χ1v) is 9.85. The Morgan fingerprint density at radius 1 is 1.17 bits per heavy atom. The number of carbonyl (C=O) groups is 2. The van der Waals surface area contributed by atoms with Gasteiger partial charge in [0.25, 0.3) is 5.56 Å². The van der Waals surface area contributed by atoms with Crippen molar-refractivity contribution in [3.05, 3.63) is 76.1 Å². The Kier molecular flexibility index (Phi) is 6.61. The molecule has 1 aromatic carbocycles. The molecule has 1 amide bonds. The van der Waals surface area contributed by atoms with Gasteiger partial charge in [0.15, 0.2) is 0 Å². The molecule has 9 heteroatoms. The highest BCUT2D eigenvalue weighted by molar-refractivity contribution is 8.00. The van der Waals surface area contributed by atoms with Crippen molar-refractivity contribution in [1.82, 2.24) is 9.38 Å². The van der Waals surface area contributed by atoms with E-state index in [1.54, 1.807) is 25.1 Å². The molecule has 0 aliphatic rings. The molecular weight excluding hydrogens is 397 g/mol. The lowest BCUT2D eigenvalue weighted by molar-refractivity contribution is -0.141. The van der Waals surface area contributed by atoms with Crippen molar-refractivity contribution >= 4 is 35.0 Å². The van der Waals surface area contributed by atoms with Gasteiger partial charge in [0, 0.05) is 17.4 Å². The lowest BCUT2D eigenvalue weighted by atomic mass is 10.3. The summed E-state index contributed by atoms with van der Waals surface area (Å²) in [4.78, 5) is 40.2. The van der Waals surface area contributed by atoms with E-state index in [-0.39, 0.29) is 35.4 Å². The maximum Gasteiger partial charge on any atom is 0.316 e. The van der Waals surface area contributed by atoms with Crippen LogP contribution in [0.4, 0.5) is 10.1 Å². The molecule has 0 aliphatic carbocycles. The summed E-state index contributed by atoms with van der Waals surface area (Å²) < 4.78 is 19.4. The molecule has 0 spiro atoms. The van der Waals surface area contributed by atoms with Crippen molar-refractivity contribution in [2.45, 2.75) is 13.5 Å². The number of benzene rings is 1. The lowest BCUT2D eigenvalue weighted by Crippen LogP contribution is -2.19. The normalized spacial score (nSPS) is 10.7. The molecule has 1 N–H and O–H groups in total. The van der Waals surface area contributed by atoms with E-state index in [1.807, 2.05) is 0 Å². The van der Waals surface area contributed by atoms with Crippen LogP contribution in [-0.4, -0.2) is 32.8 Å². The van der Waals surface area contributed by atoms with Crippen LogP contribution in [0.1, 0.15) is 11.4 Å². The van der Waals surface area contributed by atoms with Crippen LogP contribution in [0, 0.1) is 12.7 Å². The Labute approximate surface area is 169 Å². The Balaban J connectivity index is 1.45. The fourth-order valence-electron chi connectivity index (χ4n) is 2.59. The number of rotatable bonds is 7. The highest BCUT2D eigenvalue weighted by Crippen LogP contribution is 2.10. The zero-order chi connectivity index (χ0) is 20.8. The Hall–Kier alpha value is -3.20. The van der Waals surface area contributed by atoms with Crippen LogP contribution in [-0.2, 0) is 20.9 Å². The van der Waals surface area contributed by atoms with Gasteiger partial charge in [-0.25, -0.2) is 9.37 Å². The van der Waals surface area contributed by atoms with Crippen LogP contribution in [0.5, 0.6) is 0 Å².